The molecule has 20 heavy (non-hydrogen) atoms. The lowest BCUT2D eigenvalue weighted by molar-refractivity contribution is 0.0933. The maximum atomic E-state index is 12.2. The summed E-state index contributed by atoms with van der Waals surface area (Å²) in [6.45, 7) is 2.57. The van der Waals surface area contributed by atoms with Gasteiger partial charge in [0.05, 0.1) is 6.04 Å². The van der Waals surface area contributed by atoms with Crippen molar-refractivity contribution in [2.45, 2.75) is 19.0 Å². The molecule has 6 nitrogen and oxygen atoms in total. The predicted octanol–water partition coefficient (Wildman–Crippen LogP) is 0.388. The van der Waals surface area contributed by atoms with Crippen molar-refractivity contribution >= 4 is 16.9 Å². The number of carbonyl (C=O) groups excluding carboxylic acids is 1. The fraction of sp³-hybridized carbons (Fsp3) is 0.286. The summed E-state index contributed by atoms with van der Waals surface area (Å²) < 4.78 is 5.16. The third kappa shape index (κ3) is 2.31. The lowest BCUT2D eigenvalue weighted by atomic mass is 10.1. The molecule has 1 aromatic heterocycles. The minimum Gasteiger partial charge on any atom is -0.422 e. The van der Waals surface area contributed by atoms with Crippen LogP contribution >= 0.6 is 0 Å². The van der Waals surface area contributed by atoms with E-state index in [0.717, 1.165) is 5.39 Å². The monoisotopic (exact) mass is 273 g/mol. The number of hydrazine groups is 1. The number of rotatable bonds is 2. The SMILES string of the molecule is CC1NNCC1NC(=O)c1cc2ccccc2oc1=O. The highest BCUT2D eigenvalue weighted by Gasteiger charge is 2.25. The molecule has 0 spiro atoms. The normalized spacial score (nSPS) is 22.1. The number of amides is 1. The second kappa shape index (κ2) is 5.07. The van der Waals surface area contributed by atoms with E-state index in [2.05, 4.69) is 16.2 Å². The fourth-order valence-corrected chi connectivity index (χ4v) is 2.25. The molecule has 2 heterocycles. The molecule has 1 fully saturated rings. The predicted molar refractivity (Wildman–Crippen MR) is 74.3 cm³/mol. The Bertz CT molecular complexity index is 710. The van der Waals surface area contributed by atoms with Crippen molar-refractivity contribution in [2.75, 3.05) is 6.54 Å². The summed E-state index contributed by atoms with van der Waals surface area (Å²) in [6.07, 6.45) is 0. The standard InChI is InChI=1S/C14H15N3O3/c1-8-11(7-15-17-8)16-13(18)10-6-9-4-2-3-5-12(9)20-14(10)19/h2-6,8,11,15,17H,7H2,1H3,(H,16,18). The maximum absolute atomic E-state index is 12.2. The molecule has 2 aromatic rings. The molecular formula is C14H15N3O3. The first kappa shape index (κ1) is 12.8. The van der Waals surface area contributed by atoms with Crippen LogP contribution in [0.15, 0.2) is 39.5 Å². The van der Waals surface area contributed by atoms with Crippen LogP contribution in [-0.4, -0.2) is 24.5 Å². The van der Waals surface area contributed by atoms with Gasteiger partial charge in [-0.3, -0.25) is 15.6 Å². The van der Waals surface area contributed by atoms with E-state index in [4.69, 9.17) is 4.42 Å². The molecule has 1 saturated heterocycles. The van der Waals surface area contributed by atoms with Gasteiger partial charge in [0.15, 0.2) is 0 Å². The highest BCUT2D eigenvalue weighted by Crippen LogP contribution is 2.12. The van der Waals surface area contributed by atoms with Crippen molar-refractivity contribution in [2.24, 2.45) is 0 Å². The lowest BCUT2D eigenvalue weighted by Crippen LogP contribution is -2.44. The number of hydrogen-bond acceptors (Lipinski definition) is 5. The average molecular weight is 273 g/mol. The largest absolute Gasteiger partial charge is 0.422 e. The first-order chi connectivity index (χ1) is 9.65. The molecule has 3 rings (SSSR count). The van der Waals surface area contributed by atoms with E-state index in [1.807, 2.05) is 13.0 Å². The molecule has 104 valence electrons. The topological polar surface area (TPSA) is 83.4 Å². The summed E-state index contributed by atoms with van der Waals surface area (Å²) in [7, 11) is 0. The number of hydrogen-bond donors (Lipinski definition) is 3. The van der Waals surface area contributed by atoms with Gasteiger partial charge in [0.1, 0.15) is 11.1 Å². The van der Waals surface area contributed by atoms with Crippen LogP contribution in [-0.2, 0) is 0 Å². The van der Waals surface area contributed by atoms with Crippen molar-refractivity contribution < 1.29 is 9.21 Å². The van der Waals surface area contributed by atoms with Crippen LogP contribution in [0.1, 0.15) is 17.3 Å². The first-order valence-electron chi connectivity index (χ1n) is 6.47. The Balaban J connectivity index is 1.91. The Morgan fingerprint density at radius 3 is 2.95 bits per heavy atom. The molecule has 6 heteroatoms. The van der Waals surface area contributed by atoms with Crippen molar-refractivity contribution in [3.63, 3.8) is 0 Å². The summed E-state index contributed by atoms with van der Waals surface area (Å²) >= 11 is 0. The molecule has 2 atom stereocenters. The van der Waals surface area contributed by atoms with E-state index < -0.39 is 11.5 Å². The van der Waals surface area contributed by atoms with Crippen molar-refractivity contribution in [3.8, 4) is 0 Å². The molecule has 1 aliphatic rings. The molecule has 3 N–H and O–H groups in total. The van der Waals surface area contributed by atoms with Gasteiger partial charge >= 0.3 is 5.63 Å². The van der Waals surface area contributed by atoms with Gasteiger partial charge in [-0.1, -0.05) is 18.2 Å². The number of para-hydroxylation sites is 1. The Kier molecular flexibility index (Phi) is 3.25. The third-order valence-electron chi connectivity index (χ3n) is 3.46. The lowest BCUT2D eigenvalue weighted by Gasteiger charge is -2.15. The summed E-state index contributed by atoms with van der Waals surface area (Å²) in [5.41, 5.74) is 5.85. The average Bonchev–Trinajstić information content (AvgIpc) is 2.83. The molecule has 0 saturated carbocycles. The Labute approximate surface area is 115 Å². The van der Waals surface area contributed by atoms with Crippen molar-refractivity contribution in [1.29, 1.82) is 0 Å². The minimum atomic E-state index is -0.618. The molecule has 1 aliphatic heterocycles. The Morgan fingerprint density at radius 1 is 1.40 bits per heavy atom. The smallest absolute Gasteiger partial charge is 0.349 e. The molecule has 0 aliphatic carbocycles. The number of carbonyl (C=O) groups is 1. The van der Waals surface area contributed by atoms with E-state index in [0.29, 0.717) is 12.1 Å². The Morgan fingerprint density at radius 2 is 2.20 bits per heavy atom. The van der Waals surface area contributed by atoms with Crippen LogP contribution in [0.4, 0.5) is 0 Å². The zero-order valence-electron chi connectivity index (χ0n) is 11.0. The van der Waals surface area contributed by atoms with Crippen LogP contribution in [0.25, 0.3) is 11.0 Å². The summed E-state index contributed by atoms with van der Waals surface area (Å²) in [5.74, 6) is -0.410. The highest BCUT2D eigenvalue weighted by atomic mass is 16.4. The van der Waals surface area contributed by atoms with E-state index in [9.17, 15) is 9.59 Å². The zero-order chi connectivity index (χ0) is 14.1. The van der Waals surface area contributed by atoms with Crippen LogP contribution in [0.5, 0.6) is 0 Å². The zero-order valence-corrected chi connectivity index (χ0v) is 11.0. The summed E-state index contributed by atoms with van der Waals surface area (Å²) in [6, 6.07) is 8.72. The van der Waals surface area contributed by atoms with E-state index in [1.165, 1.54) is 0 Å². The molecule has 0 radical (unpaired) electrons. The number of benzene rings is 1. The van der Waals surface area contributed by atoms with Gasteiger partial charge < -0.3 is 9.73 Å². The molecule has 1 aromatic carbocycles. The Hall–Kier alpha value is -2.18. The van der Waals surface area contributed by atoms with Gasteiger partial charge in [-0.25, -0.2) is 4.79 Å². The molecule has 1 amide bonds. The van der Waals surface area contributed by atoms with Gasteiger partial charge in [-0.15, -0.1) is 0 Å². The molecule has 0 bridgehead atoms. The number of nitrogens with one attached hydrogen (secondary N) is 3. The van der Waals surface area contributed by atoms with Crippen LogP contribution in [0, 0.1) is 0 Å². The maximum Gasteiger partial charge on any atom is 0.349 e. The van der Waals surface area contributed by atoms with Crippen molar-refractivity contribution in [1.82, 2.24) is 16.2 Å². The first-order valence-corrected chi connectivity index (χ1v) is 6.47. The van der Waals surface area contributed by atoms with Crippen LogP contribution in [0.2, 0.25) is 0 Å². The van der Waals surface area contributed by atoms with E-state index in [1.54, 1.807) is 24.3 Å². The van der Waals surface area contributed by atoms with Crippen LogP contribution in [0.3, 0.4) is 0 Å². The quantitative estimate of drug-likeness (QED) is 0.689. The minimum absolute atomic E-state index is 0.0304. The van der Waals surface area contributed by atoms with Crippen LogP contribution < -0.4 is 21.8 Å². The summed E-state index contributed by atoms with van der Waals surface area (Å²) in [4.78, 5) is 24.1. The van der Waals surface area contributed by atoms with E-state index >= 15 is 0 Å². The highest BCUT2D eigenvalue weighted by molar-refractivity contribution is 5.96. The summed E-state index contributed by atoms with van der Waals surface area (Å²) in [5, 5.41) is 3.56. The van der Waals surface area contributed by atoms with Gasteiger partial charge in [-0.05, 0) is 19.1 Å². The third-order valence-corrected chi connectivity index (χ3v) is 3.46. The second-order valence-electron chi connectivity index (χ2n) is 4.88. The van der Waals surface area contributed by atoms with Crippen molar-refractivity contribution in [3.05, 3.63) is 46.3 Å². The van der Waals surface area contributed by atoms with Gasteiger partial charge in [0.25, 0.3) is 5.91 Å². The van der Waals surface area contributed by atoms with E-state index in [-0.39, 0.29) is 17.6 Å². The molecular weight excluding hydrogens is 258 g/mol. The second-order valence-corrected chi connectivity index (χ2v) is 4.88. The molecule has 2 unspecified atom stereocenters. The number of fused-ring (bicyclic) bond motifs is 1. The van der Waals surface area contributed by atoms with Gasteiger partial charge in [-0.2, -0.15) is 0 Å². The van der Waals surface area contributed by atoms with Gasteiger partial charge in [0, 0.05) is 18.0 Å². The fourth-order valence-electron chi connectivity index (χ4n) is 2.25. The van der Waals surface area contributed by atoms with Gasteiger partial charge in [0.2, 0.25) is 0 Å².